The first kappa shape index (κ1) is 19.4. The second kappa shape index (κ2) is 7.72. The number of aromatic nitrogens is 2. The summed E-state index contributed by atoms with van der Waals surface area (Å²) < 4.78 is 1.76. The van der Waals surface area contributed by atoms with Crippen molar-refractivity contribution in [3.05, 3.63) is 46.7 Å². The number of aliphatic carboxylic acids is 1. The van der Waals surface area contributed by atoms with E-state index in [0.29, 0.717) is 23.6 Å². The summed E-state index contributed by atoms with van der Waals surface area (Å²) in [4.78, 5) is 26.3. The largest absolute Gasteiger partial charge is 0.481 e. The highest BCUT2D eigenvalue weighted by molar-refractivity contribution is 6.30. The first-order valence-corrected chi connectivity index (χ1v) is 9.51. The summed E-state index contributed by atoms with van der Waals surface area (Å²) in [5.74, 6) is -1.30. The van der Waals surface area contributed by atoms with Crippen molar-refractivity contribution in [2.24, 2.45) is 11.8 Å². The zero-order valence-corrected chi connectivity index (χ0v) is 16.5. The molecule has 0 radical (unpaired) electrons. The molecule has 1 saturated heterocycles. The summed E-state index contributed by atoms with van der Waals surface area (Å²) >= 11 is 5.97. The number of rotatable bonds is 4. The van der Waals surface area contributed by atoms with Crippen LogP contribution in [0, 0.1) is 11.8 Å². The van der Waals surface area contributed by atoms with Gasteiger partial charge in [-0.25, -0.2) is 4.68 Å². The minimum Gasteiger partial charge on any atom is -0.481 e. The smallest absolute Gasteiger partial charge is 0.308 e. The van der Waals surface area contributed by atoms with Gasteiger partial charge in [-0.3, -0.25) is 9.59 Å². The zero-order valence-electron chi connectivity index (χ0n) is 15.7. The van der Waals surface area contributed by atoms with Gasteiger partial charge in [0, 0.05) is 18.1 Å². The molecular weight excluding hydrogens is 366 g/mol. The van der Waals surface area contributed by atoms with E-state index < -0.39 is 11.9 Å². The van der Waals surface area contributed by atoms with E-state index >= 15 is 0 Å². The highest BCUT2D eigenvalue weighted by Crippen LogP contribution is 2.28. The molecule has 7 heteroatoms. The summed E-state index contributed by atoms with van der Waals surface area (Å²) in [6.45, 7) is 6.81. The SMILES string of the molecule is CC1CC(C(=O)O)CN(C(=O)c2cnn(-c3ccc(Cl)cc3)c2C(C)C)C1. The van der Waals surface area contributed by atoms with Crippen molar-refractivity contribution in [1.82, 2.24) is 14.7 Å². The summed E-state index contributed by atoms with van der Waals surface area (Å²) in [5, 5.41) is 14.4. The highest BCUT2D eigenvalue weighted by Gasteiger charge is 2.34. The minimum atomic E-state index is -0.847. The van der Waals surface area contributed by atoms with Crippen molar-refractivity contribution in [1.29, 1.82) is 0 Å². The maximum Gasteiger partial charge on any atom is 0.308 e. The number of carboxylic acids is 1. The van der Waals surface area contributed by atoms with E-state index in [1.807, 2.05) is 32.9 Å². The maximum absolute atomic E-state index is 13.2. The van der Waals surface area contributed by atoms with Crippen LogP contribution in [0.3, 0.4) is 0 Å². The third kappa shape index (κ3) is 4.00. The number of carbonyl (C=O) groups excluding carboxylic acids is 1. The Hall–Kier alpha value is -2.34. The number of amides is 1. The van der Waals surface area contributed by atoms with Crippen LogP contribution >= 0.6 is 11.6 Å². The fraction of sp³-hybridized carbons (Fsp3) is 0.450. The lowest BCUT2D eigenvalue weighted by molar-refractivity contribution is -0.143. The predicted molar refractivity (Wildman–Crippen MR) is 103 cm³/mol. The third-order valence-corrected chi connectivity index (χ3v) is 5.20. The maximum atomic E-state index is 13.2. The number of hydrogen-bond acceptors (Lipinski definition) is 3. The number of hydrogen-bond donors (Lipinski definition) is 1. The normalized spacial score (nSPS) is 20.1. The van der Waals surface area contributed by atoms with Crippen LogP contribution in [-0.2, 0) is 4.79 Å². The second-order valence-corrected chi connectivity index (χ2v) is 8.01. The quantitative estimate of drug-likeness (QED) is 0.862. The van der Waals surface area contributed by atoms with E-state index in [2.05, 4.69) is 5.10 Å². The molecule has 0 saturated carbocycles. The topological polar surface area (TPSA) is 75.4 Å². The van der Waals surface area contributed by atoms with E-state index in [1.165, 1.54) is 0 Å². The van der Waals surface area contributed by atoms with Gasteiger partial charge in [-0.15, -0.1) is 0 Å². The van der Waals surface area contributed by atoms with Crippen LogP contribution in [0.15, 0.2) is 30.5 Å². The second-order valence-electron chi connectivity index (χ2n) is 7.57. The zero-order chi connectivity index (χ0) is 19.7. The molecule has 2 atom stereocenters. The molecular formula is C20H24ClN3O3. The van der Waals surface area contributed by atoms with E-state index in [-0.39, 0.29) is 24.3 Å². The minimum absolute atomic E-state index is 0.0691. The Morgan fingerprint density at radius 1 is 1.22 bits per heavy atom. The molecule has 2 unspecified atom stereocenters. The van der Waals surface area contributed by atoms with Gasteiger partial charge in [0.2, 0.25) is 0 Å². The van der Waals surface area contributed by atoms with Gasteiger partial charge in [0.15, 0.2) is 0 Å². The van der Waals surface area contributed by atoms with Gasteiger partial charge in [0.05, 0.1) is 29.1 Å². The van der Waals surface area contributed by atoms with Crippen LogP contribution in [-0.4, -0.2) is 44.8 Å². The standard InChI is InChI=1S/C20H24ClN3O3/c1-12(2)18-17(9-22-24(18)16-6-4-15(21)5-7-16)19(25)23-10-13(3)8-14(11-23)20(26)27/h4-7,9,12-14H,8,10-11H2,1-3H3,(H,26,27). The Morgan fingerprint density at radius 3 is 2.48 bits per heavy atom. The molecule has 1 N–H and O–H groups in total. The van der Waals surface area contributed by atoms with Crippen molar-refractivity contribution < 1.29 is 14.7 Å². The van der Waals surface area contributed by atoms with Crippen LogP contribution in [0.1, 0.15) is 49.2 Å². The summed E-state index contributed by atoms with van der Waals surface area (Å²) in [5.41, 5.74) is 2.17. The summed E-state index contributed by atoms with van der Waals surface area (Å²) in [6.07, 6.45) is 2.18. The molecule has 1 aliphatic rings. The summed E-state index contributed by atoms with van der Waals surface area (Å²) in [6, 6.07) is 7.29. The fourth-order valence-corrected chi connectivity index (χ4v) is 3.86. The van der Waals surface area contributed by atoms with E-state index in [9.17, 15) is 14.7 Å². The van der Waals surface area contributed by atoms with Gasteiger partial charge in [-0.05, 0) is 42.5 Å². The van der Waals surface area contributed by atoms with Gasteiger partial charge < -0.3 is 10.0 Å². The van der Waals surface area contributed by atoms with Crippen LogP contribution in [0.5, 0.6) is 0 Å². The molecule has 0 spiro atoms. The van der Waals surface area contributed by atoms with Crippen LogP contribution in [0.2, 0.25) is 5.02 Å². The Balaban J connectivity index is 1.95. The Kier molecular flexibility index (Phi) is 5.56. The number of piperidine rings is 1. The van der Waals surface area contributed by atoms with Gasteiger partial charge in [0.25, 0.3) is 5.91 Å². The van der Waals surface area contributed by atoms with Crippen LogP contribution in [0.25, 0.3) is 5.69 Å². The number of likely N-dealkylation sites (tertiary alicyclic amines) is 1. The van der Waals surface area contributed by atoms with Crippen molar-refractivity contribution in [2.45, 2.75) is 33.1 Å². The number of nitrogens with zero attached hydrogens (tertiary/aromatic N) is 3. The lowest BCUT2D eigenvalue weighted by Crippen LogP contribution is -2.45. The highest BCUT2D eigenvalue weighted by atomic mass is 35.5. The van der Waals surface area contributed by atoms with Crippen molar-refractivity contribution in [3.63, 3.8) is 0 Å². The molecule has 144 valence electrons. The first-order valence-electron chi connectivity index (χ1n) is 9.13. The first-order chi connectivity index (χ1) is 12.8. The van der Waals surface area contributed by atoms with Crippen molar-refractivity contribution >= 4 is 23.5 Å². The van der Waals surface area contributed by atoms with Crippen molar-refractivity contribution in [2.75, 3.05) is 13.1 Å². The fourth-order valence-electron chi connectivity index (χ4n) is 3.73. The van der Waals surface area contributed by atoms with E-state index in [4.69, 9.17) is 11.6 Å². The van der Waals surface area contributed by atoms with E-state index in [0.717, 1.165) is 11.4 Å². The molecule has 1 aromatic heterocycles. The molecule has 1 aliphatic heterocycles. The Bertz CT molecular complexity index is 845. The van der Waals surface area contributed by atoms with Crippen molar-refractivity contribution in [3.8, 4) is 5.69 Å². The molecule has 1 fully saturated rings. The molecule has 0 aliphatic carbocycles. The van der Waals surface area contributed by atoms with Gasteiger partial charge in [0.1, 0.15) is 0 Å². The van der Waals surface area contributed by atoms with E-state index in [1.54, 1.807) is 27.9 Å². The molecule has 2 aromatic rings. The average molecular weight is 390 g/mol. The molecule has 3 rings (SSSR count). The number of carboxylic acid groups (broad SMARTS) is 1. The molecule has 1 aromatic carbocycles. The molecule has 1 amide bonds. The molecule has 6 nitrogen and oxygen atoms in total. The lowest BCUT2D eigenvalue weighted by Gasteiger charge is -2.34. The van der Waals surface area contributed by atoms with Crippen LogP contribution in [0.4, 0.5) is 0 Å². The molecule has 27 heavy (non-hydrogen) atoms. The predicted octanol–water partition coefficient (Wildman–Crippen LogP) is 3.83. The van der Waals surface area contributed by atoms with Crippen LogP contribution < -0.4 is 0 Å². The van der Waals surface area contributed by atoms with Gasteiger partial charge in [-0.2, -0.15) is 5.10 Å². The lowest BCUT2D eigenvalue weighted by atomic mass is 9.90. The number of carbonyl (C=O) groups is 2. The Labute approximate surface area is 163 Å². The van der Waals surface area contributed by atoms with Gasteiger partial charge >= 0.3 is 5.97 Å². The Morgan fingerprint density at radius 2 is 1.89 bits per heavy atom. The molecule has 2 heterocycles. The average Bonchev–Trinajstić information content (AvgIpc) is 3.06. The third-order valence-electron chi connectivity index (χ3n) is 4.95. The summed E-state index contributed by atoms with van der Waals surface area (Å²) in [7, 11) is 0. The number of halogens is 1. The number of benzene rings is 1. The molecule has 0 bridgehead atoms. The monoisotopic (exact) mass is 389 g/mol. The van der Waals surface area contributed by atoms with Gasteiger partial charge in [-0.1, -0.05) is 32.4 Å².